The van der Waals surface area contributed by atoms with E-state index >= 15 is 0 Å². The Balaban J connectivity index is 0.000000386. The molecular formula is C24H23NO5. The van der Waals surface area contributed by atoms with Crippen molar-refractivity contribution in [1.82, 2.24) is 5.32 Å². The largest absolute Gasteiger partial charge is 0.478 e. The number of esters is 1. The van der Waals surface area contributed by atoms with Gasteiger partial charge in [0.05, 0.1) is 12.7 Å². The minimum Gasteiger partial charge on any atom is -0.478 e. The van der Waals surface area contributed by atoms with Crippen LogP contribution in [0.5, 0.6) is 0 Å². The Morgan fingerprint density at radius 1 is 0.800 bits per heavy atom. The molecule has 0 bridgehead atoms. The summed E-state index contributed by atoms with van der Waals surface area (Å²) in [5.41, 5.74) is 2.62. The number of carboxylic acid groups (broad SMARTS) is 1. The second kappa shape index (κ2) is 11.2. The van der Waals surface area contributed by atoms with E-state index in [1.807, 2.05) is 18.2 Å². The van der Waals surface area contributed by atoms with E-state index in [-0.39, 0.29) is 17.7 Å². The number of carbonyl (C=O) groups excluding carboxylic acids is 2. The fraction of sp³-hybridized carbons (Fsp3) is 0.125. The molecule has 3 aromatic carbocycles. The Bertz CT molecular complexity index is 1010. The highest BCUT2D eigenvalue weighted by molar-refractivity contribution is 6.05. The van der Waals surface area contributed by atoms with Gasteiger partial charge in [0, 0.05) is 5.56 Å². The average Bonchev–Trinajstić information content (AvgIpc) is 2.78. The lowest BCUT2D eigenvalue weighted by molar-refractivity contribution is -0.139. The monoisotopic (exact) mass is 405 g/mol. The normalized spacial score (nSPS) is 9.67. The number of carboxylic acids is 1. The van der Waals surface area contributed by atoms with Crippen LogP contribution in [0.15, 0.2) is 78.9 Å². The van der Waals surface area contributed by atoms with Gasteiger partial charge < -0.3 is 15.2 Å². The Morgan fingerprint density at radius 2 is 1.30 bits per heavy atom. The molecule has 154 valence electrons. The van der Waals surface area contributed by atoms with E-state index in [0.29, 0.717) is 11.1 Å². The topological polar surface area (TPSA) is 92.7 Å². The minimum atomic E-state index is -1.08. The van der Waals surface area contributed by atoms with Gasteiger partial charge in [-0.25, -0.2) is 4.79 Å². The molecule has 0 radical (unpaired) electrons. The van der Waals surface area contributed by atoms with Crippen molar-refractivity contribution in [3.05, 3.63) is 95.6 Å². The van der Waals surface area contributed by atoms with Gasteiger partial charge in [-0.3, -0.25) is 9.59 Å². The zero-order valence-electron chi connectivity index (χ0n) is 16.8. The highest BCUT2D eigenvalue weighted by Crippen LogP contribution is 2.27. The molecule has 0 aliphatic rings. The van der Waals surface area contributed by atoms with Gasteiger partial charge in [0.2, 0.25) is 0 Å². The molecule has 30 heavy (non-hydrogen) atoms. The van der Waals surface area contributed by atoms with Crippen LogP contribution in [0.1, 0.15) is 26.3 Å². The van der Waals surface area contributed by atoms with Crippen LogP contribution in [-0.4, -0.2) is 36.6 Å². The van der Waals surface area contributed by atoms with Gasteiger partial charge in [0.25, 0.3) is 5.91 Å². The zero-order valence-corrected chi connectivity index (χ0v) is 16.8. The van der Waals surface area contributed by atoms with Gasteiger partial charge in [-0.15, -0.1) is 0 Å². The van der Waals surface area contributed by atoms with Crippen molar-refractivity contribution in [2.75, 3.05) is 13.7 Å². The van der Waals surface area contributed by atoms with E-state index in [2.05, 4.69) is 29.1 Å². The number of methoxy groups -OCH3 is 1. The van der Waals surface area contributed by atoms with Crippen molar-refractivity contribution >= 4 is 17.8 Å². The van der Waals surface area contributed by atoms with Gasteiger partial charge in [0.15, 0.2) is 0 Å². The van der Waals surface area contributed by atoms with Crippen LogP contribution in [0, 0.1) is 6.92 Å². The number of hydrogen-bond acceptors (Lipinski definition) is 4. The third kappa shape index (κ3) is 6.31. The van der Waals surface area contributed by atoms with Gasteiger partial charge in [-0.2, -0.15) is 0 Å². The zero-order chi connectivity index (χ0) is 21.9. The number of benzene rings is 3. The smallest absolute Gasteiger partial charge is 0.336 e. The van der Waals surface area contributed by atoms with Crippen molar-refractivity contribution < 1.29 is 24.2 Å². The van der Waals surface area contributed by atoms with Gasteiger partial charge >= 0.3 is 11.9 Å². The first kappa shape index (κ1) is 22.4. The maximum atomic E-state index is 12.3. The summed E-state index contributed by atoms with van der Waals surface area (Å²) in [6, 6.07) is 23.3. The van der Waals surface area contributed by atoms with Crippen molar-refractivity contribution in [2.24, 2.45) is 0 Å². The molecule has 0 aliphatic heterocycles. The number of aromatic carboxylic acids is 1. The van der Waals surface area contributed by atoms with E-state index in [1.54, 1.807) is 42.5 Å². The molecule has 0 aliphatic carbocycles. The standard InChI is InChI=1S/C17H15NO5.C7H8/c1-23-15(19)10-18-16(20)13-8-4-2-6-11(13)12-7-3-5-9-14(12)17(21)22;1-7-5-3-2-4-6-7/h2-9H,10H2,1H3,(H,18,20)(H,21,22);2-6H,1H3. The Kier molecular flexibility index (Phi) is 8.32. The predicted octanol–water partition coefficient (Wildman–Crippen LogP) is 3.95. The molecule has 0 atom stereocenters. The number of rotatable bonds is 5. The van der Waals surface area contributed by atoms with E-state index < -0.39 is 17.8 Å². The first-order valence-electron chi connectivity index (χ1n) is 9.22. The van der Waals surface area contributed by atoms with Crippen LogP contribution in [0.2, 0.25) is 0 Å². The number of carbonyl (C=O) groups is 3. The van der Waals surface area contributed by atoms with Crippen LogP contribution in [0.4, 0.5) is 0 Å². The third-order valence-electron chi connectivity index (χ3n) is 4.18. The molecule has 3 rings (SSSR count). The van der Waals surface area contributed by atoms with E-state index in [9.17, 15) is 19.5 Å². The Hall–Kier alpha value is -3.93. The average molecular weight is 405 g/mol. The van der Waals surface area contributed by atoms with E-state index in [0.717, 1.165) is 0 Å². The third-order valence-corrected chi connectivity index (χ3v) is 4.18. The second-order valence-electron chi connectivity index (χ2n) is 6.31. The maximum absolute atomic E-state index is 12.3. The SMILES string of the molecule is COC(=O)CNC(=O)c1ccccc1-c1ccccc1C(=O)O.Cc1ccccc1. The molecule has 6 heteroatoms. The van der Waals surface area contributed by atoms with Crippen molar-refractivity contribution in [3.63, 3.8) is 0 Å². The lowest BCUT2D eigenvalue weighted by Gasteiger charge is -2.12. The molecule has 0 saturated heterocycles. The fourth-order valence-corrected chi connectivity index (χ4v) is 2.67. The van der Waals surface area contributed by atoms with E-state index in [1.165, 1.54) is 18.7 Å². The number of aryl methyl sites for hydroxylation is 1. The number of hydrogen-bond donors (Lipinski definition) is 2. The molecule has 0 saturated carbocycles. The maximum Gasteiger partial charge on any atom is 0.336 e. The molecular weight excluding hydrogens is 382 g/mol. The quantitative estimate of drug-likeness (QED) is 0.627. The molecule has 0 heterocycles. The lowest BCUT2D eigenvalue weighted by atomic mass is 9.95. The van der Waals surface area contributed by atoms with Gasteiger partial charge in [-0.1, -0.05) is 72.3 Å². The van der Waals surface area contributed by atoms with Crippen LogP contribution in [0.3, 0.4) is 0 Å². The molecule has 3 aromatic rings. The molecule has 0 spiro atoms. The van der Waals surface area contributed by atoms with Gasteiger partial charge in [0.1, 0.15) is 6.54 Å². The fourth-order valence-electron chi connectivity index (χ4n) is 2.67. The van der Waals surface area contributed by atoms with Crippen molar-refractivity contribution in [2.45, 2.75) is 6.92 Å². The molecule has 6 nitrogen and oxygen atoms in total. The second-order valence-corrected chi connectivity index (χ2v) is 6.31. The first-order chi connectivity index (χ1) is 14.4. The van der Waals surface area contributed by atoms with E-state index in [4.69, 9.17) is 0 Å². The summed E-state index contributed by atoms with van der Waals surface area (Å²) < 4.78 is 4.47. The predicted molar refractivity (Wildman–Crippen MR) is 114 cm³/mol. The highest BCUT2D eigenvalue weighted by Gasteiger charge is 2.17. The summed E-state index contributed by atoms with van der Waals surface area (Å²) >= 11 is 0. The van der Waals surface area contributed by atoms with Crippen molar-refractivity contribution in [3.8, 4) is 11.1 Å². The van der Waals surface area contributed by atoms with Crippen LogP contribution >= 0.6 is 0 Å². The Morgan fingerprint density at radius 3 is 1.80 bits per heavy atom. The Labute approximate surface area is 175 Å². The van der Waals surface area contributed by atoms with Gasteiger partial charge in [-0.05, 0) is 30.2 Å². The van der Waals surface area contributed by atoms with Crippen molar-refractivity contribution in [1.29, 1.82) is 0 Å². The highest BCUT2D eigenvalue weighted by atomic mass is 16.5. The first-order valence-corrected chi connectivity index (χ1v) is 9.22. The summed E-state index contributed by atoms with van der Waals surface area (Å²) in [5.74, 6) is -2.13. The summed E-state index contributed by atoms with van der Waals surface area (Å²) in [7, 11) is 1.23. The summed E-state index contributed by atoms with van der Waals surface area (Å²) in [6.07, 6.45) is 0. The molecule has 1 amide bonds. The summed E-state index contributed by atoms with van der Waals surface area (Å²) in [6.45, 7) is 1.82. The lowest BCUT2D eigenvalue weighted by Crippen LogP contribution is -2.30. The summed E-state index contributed by atoms with van der Waals surface area (Å²) in [4.78, 5) is 34.8. The number of nitrogens with one attached hydrogen (secondary N) is 1. The molecule has 0 aromatic heterocycles. The minimum absolute atomic E-state index is 0.0979. The van der Waals surface area contributed by atoms with Crippen LogP contribution in [-0.2, 0) is 9.53 Å². The van der Waals surface area contributed by atoms with Crippen LogP contribution < -0.4 is 5.32 Å². The molecule has 0 unspecified atom stereocenters. The molecule has 0 fully saturated rings. The summed E-state index contributed by atoms with van der Waals surface area (Å²) in [5, 5.41) is 11.8. The van der Waals surface area contributed by atoms with Crippen LogP contribution in [0.25, 0.3) is 11.1 Å². The number of ether oxygens (including phenoxy) is 1. The number of amides is 1. The molecule has 2 N–H and O–H groups in total.